The van der Waals surface area contributed by atoms with Crippen LogP contribution in [0.2, 0.25) is 0 Å². The van der Waals surface area contributed by atoms with E-state index in [2.05, 4.69) is 68.6 Å². The Morgan fingerprint density at radius 1 is 1.02 bits per heavy atom. The molecule has 7 nitrogen and oxygen atoms in total. The van der Waals surface area contributed by atoms with Crippen LogP contribution in [0, 0.1) is 6.92 Å². The third-order valence-electron chi connectivity index (χ3n) is 8.65. The number of piperazine rings is 1. The molecule has 0 aromatic heterocycles. The molecule has 3 aliphatic rings. The predicted octanol–water partition coefficient (Wildman–Crippen LogP) is 3.43. The number of benzene rings is 3. The Balaban J connectivity index is 1.27. The van der Waals surface area contributed by atoms with Crippen LogP contribution < -0.4 is 21.3 Å². The number of phenolic OH excluding ortho intramolecular Hbond substituents is 1. The highest BCUT2D eigenvalue weighted by Crippen LogP contribution is 2.36. The van der Waals surface area contributed by atoms with Gasteiger partial charge in [-0.1, -0.05) is 42.5 Å². The van der Waals surface area contributed by atoms with E-state index in [0.29, 0.717) is 18.7 Å². The second-order valence-corrected chi connectivity index (χ2v) is 11.5. The molecule has 2 unspecified atom stereocenters. The van der Waals surface area contributed by atoms with E-state index in [-0.39, 0.29) is 18.0 Å². The first-order valence-corrected chi connectivity index (χ1v) is 14.7. The summed E-state index contributed by atoms with van der Waals surface area (Å²) in [5.41, 5.74) is 9.66. The molecule has 1 saturated heterocycles. The Labute approximate surface area is 237 Å². The van der Waals surface area contributed by atoms with Crippen LogP contribution in [0.4, 0.5) is 5.69 Å². The van der Waals surface area contributed by atoms with E-state index in [1.165, 1.54) is 33.5 Å². The van der Waals surface area contributed by atoms with E-state index in [0.717, 1.165) is 69.7 Å². The Morgan fingerprint density at radius 3 is 2.67 bits per heavy atom. The smallest absolute Gasteiger partial charge is 0.237 e. The highest BCUT2D eigenvalue weighted by Gasteiger charge is 2.30. The van der Waals surface area contributed by atoms with Gasteiger partial charge in [0.25, 0.3) is 0 Å². The normalized spacial score (nSPS) is 21.0. The molecule has 3 aliphatic heterocycles. The van der Waals surface area contributed by atoms with Crippen LogP contribution in [0.15, 0.2) is 54.6 Å². The SMILES string of the molecule is Cc1cc(O)cc2c1CC(C(=O)NC1CCNc3c(CN4CCNCC4)cc(Cc4ccccc4)cc31)NCC2. The van der Waals surface area contributed by atoms with Crippen molar-refractivity contribution >= 4 is 11.6 Å². The number of amides is 1. The van der Waals surface area contributed by atoms with Crippen LogP contribution >= 0.6 is 0 Å². The molecule has 210 valence electrons. The summed E-state index contributed by atoms with van der Waals surface area (Å²) in [5.74, 6) is 0.351. The minimum Gasteiger partial charge on any atom is -0.508 e. The zero-order chi connectivity index (χ0) is 27.5. The van der Waals surface area contributed by atoms with Crippen molar-refractivity contribution in [3.63, 3.8) is 0 Å². The lowest BCUT2D eigenvalue weighted by atomic mass is 9.90. The molecule has 0 aliphatic carbocycles. The zero-order valence-corrected chi connectivity index (χ0v) is 23.4. The number of aromatic hydroxyl groups is 1. The number of carbonyl (C=O) groups is 1. The molecule has 6 rings (SSSR count). The summed E-state index contributed by atoms with van der Waals surface area (Å²) < 4.78 is 0. The Bertz CT molecular complexity index is 1350. The van der Waals surface area contributed by atoms with Gasteiger partial charge in [-0.15, -0.1) is 0 Å². The number of nitrogens with zero attached hydrogens (tertiary/aromatic N) is 1. The molecule has 1 fully saturated rings. The summed E-state index contributed by atoms with van der Waals surface area (Å²) in [6, 6.07) is 18.6. The fourth-order valence-corrected chi connectivity index (χ4v) is 6.60. The van der Waals surface area contributed by atoms with E-state index in [1.54, 1.807) is 6.07 Å². The zero-order valence-electron chi connectivity index (χ0n) is 23.4. The Morgan fingerprint density at radius 2 is 1.85 bits per heavy atom. The van der Waals surface area contributed by atoms with Gasteiger partial charge < -0.3 is 26.4 Å². The van der Waals surface area contributed by atoms with Gasteiger partial charge in [0.1, 0.15) is 5.75 Å². The predicted molar refractivity (Wildman–Crippen MR) is 160 cm³/mol. The van der Waals surface area contributed by atoms with Crippen LogP contribution in [0.5, 0.6) is 5.75 Å². The second-order valence-electron chi connectivity index (χ2n) is 11.5. The third kappa shape index (κ3) is 6.02. The molecule has 0 bridgehead atoms. The topological polar surface area (TPSA) is 88.7 Å². The maximum atomic E-state index is 13.7. The Kier molecular flexibility index (Phi) is 8.05. The highest BCUT2D eigenvalue weighted by atomic mass is 16.3. The lowest BCUT2D eigenvalue weighted by Crippen LogP contribution is -2.47. The van der Waals surface area contributed by atoms with Crippen LogP contribution in [-0.2, 0) is 30.6 Å². The molecule has 3 aromatic rings. The molecule has 0 spiro atoms. The van der Waals surface area contributed by atoms with Gasteiger partial charge in [0.05, 0.1) is 12.1 Å². The number of rotatable bonds is 6. The maximum absolute atomic E-state index is 13.7. The number of phenols is 1. The van der Waals surface area contributed by atoms with Gasteiger partial charge in [0.15, 0.2) is 0 Å². The fourth-order valence-electron chi connectivity index (χ4n) is 6.60. The fraction of sp³-hybridized carbons (Fsp3) is 0.424. The van der Waals surface area contributed by atoms with Crippen LogP contribution in [0.1, 0.15) is 51.4 Å². The number of hydrogen-bond donors (Lipinski definition) is 5. The van der Waals surface area contributed by atoms with Crippen LogP contribution in [-0.4, -0.2) is 61.2 Å². The molecular weight excluding hydrogens is 498 g/mol. The maximum Gasteiger partial charge on any atom is 0.237 e. The molecule has 3 heterocycles. The van der Waals surface area contributed by atoms with E-state index in [9.17, 15) is 9.90 Å². The molecule has 2 atom stereocenters. The van der Waals surface area contributed by atoms with Gasteiger partial charge in [-0.05, 0) is 90.2 Å². The quantitative estimate of drug-likeness (QED) is 0.330. The van der Waals surface area contributed by atoms with E-state index in [1.807, 2.05) is 13.0 Å². The van der Waals surface area contributed by atoms with Crippen LogP contribution in [0.25, 0.3) is 0 Å². The van der Waals surface area contributed by atoms with E-state index >= 15 is 0 Å². The number of anilines is 1. The first-order valence-electron chi connectivity index (χ1n) is 14.7. The van der Waals surface area contributed by atoms with Crippen molar-refractivity contribution in [2.75, 3.05) is 44.6 Å². The van der Waals surface area contributed by atoms with E-state index < -0.39 is 0 Å². The largest absolute Gasteiger partial charge is 0.508 e. The van der Waals surface area contributed by atoms with Gasteiger partial charge in [0, 0.05) is 45.0 Å². The Hall–Kier alpha value is -3.39. The first-order chi connectivity index (χ1) is 19.5. The average Bonchev–Trinajstić information content (AvgIpc) is 3.18. The van der Waals surface area contributed by atoms with Crippen molar-refractivity contribution in [1.82, 2.24) is 20.9 Å². The van der Waals surface area contributed by atoms with Crippen molar-refractivity contribution in [1.29, 1.82) is 0 Å². The summed E-state index contributed by atoms with van der Waals surface area (Å²) in [5, 5.41) is 24.2. The van der Waals surface area contributed by atoms with Gasteiger partial charge in [-0.3, -0.25) is 9.69 Å². The van der Waals surface area contributed by atoms with Gasteiger partial charge in [-0.25, -0.2) is 0 Å². The van der Waals surface area contributed by atoms with Crippen molar-refractivity contribution in [3.05, 3.63) is 93.5 Å². The van der Waals surface area contributed by atoms with Crippen molar-refractivity contribution in [3.8, 4) is 5.75 Å². The second kappa shape index (κ2) is 12.0. The number of fused-ring (bicyclic) bond motifs is 2. The third-order valence-corrected chi connectivity index (χ3v) is 8.65. The highest BCUT2D eigenvalue weighted by molar-refractivity contribution is 5.83. The molecule has 5 N–H and O–H groups in total. The van der Waals surface area contributed by atoms with E-state index in [4.69, 9.17) is 0 Å². The summed E-state index contributed by atoms with van der Waals surface area (Å²) in [4.78, 5) is 16.3. The molecule has 1 amide bonds. The van der Waals surface area contributed by atoms with Gasteiger partial charge >= 0.3 is 0 Å². The number of aryl methyl sites for hydroxylation is 1. The van der Waals surface area contributed by atoms with Gasteiger partial charge in [0.2, 0.25) is 5.91 Å². The lowest BCUT2D eigenvalue weighted by Gasteiger charge is -2.33. The summed E-state index contributed by atoms with van der Waals surface area (Å²) in [6.45, 7) is 8.62. The van der Waals surface area contributed by atoms with Crippen molar-refractivity contribution in [2.24, 2.45) is 0 Å². The lowest BCUT2D eigenvalue weighted by molar-refractivity contribution is -0.123. The molecule has 0 saturated carbocycles. The minimum atomic E-state index is -0.296. The molecule has 7 heteroatoms. The standard InChI is InChI=1S/C33H41N5O2/c1-22-15-27(39)19-25-7-9-35-31(20-28(22)25)33(40)37-30-8-10-36-32-26(21-38-13-11-34-12-14-38)17-24(18-29(30)32)16-23-5-3-2-4-6-23/h2-6,15,17-19,30-31,34-36,39H,7-14,16,20-21H2,1H3,(H,37,40). The average molecular weight is 540 g/mol. The monoisotopic (exact) mass is 539 g/mol. The minimum absolute atomic E-state index is 0.0355. The molecular formula is C33H41N5O2. The number of hydrogen-bond acceptors (Lipinski definition) is 6. The van der Waals surface area contributed by atoms with Gasteiger partial charge in [-0.2, -0.15) is 0 Å². The molecule has 40 heavy (non-hydrogen) atoms. The number of carbonyl (C=O) groups excluding carboxylic acids is 1. The summed E-state index contributed by atoms with van der Waals surface area (Å²) >= 11 is 0. The van der Waals surface area contributed by atoms with Crippen molar-refractivity contribution in [2.45, 2.75) is 51.2 Å². The number of nitrogens with one attached hydrogen (secondary N) is 4. The molecule has 0 radical (unpaired) electrons. The van der Waals surface area contributed by atoms with Crippen LogP contribution in [0.3, 0.4) is 0 Å². The summed E-state index contributed by atoms with van der Waals surface area (Å²) in [6.07, 6.45) is 3.17. The van der Waals surface area contributed by atoms with Crippen molar-refractivity contribution < 1.29 is 9.90 Å². The summed E-state index contributed by atoms with van der Waals surface area (Å²) in [7, 11) is 0. The molecule has 3 aromatic carbocycles. The first kappa shape index (κ1) is 26.8.